The number of aliphatic imine (C=N–C) groups is 1. The maximum atomic E-state index is 13.1. The number of halogens is 1. The molecule has 1 N–H and O–H groups in total. The van der Waals surface area contributed by atoms with Crippen LogP contribution < -0.4 is 19.5 Å². The van der Waals surface area contributed by atoms with E-state index in [9.17, 15) is 4.79 Å². The smallest absolute Gasteiger partial charge is 0.337 e. The molecule has 1 atom stereocenters. The average Bonchev–Trinajstić information content (AvgIpc) is 2.97. The normalized spacial score (nSPS) is 16.1. The van der Waals surface area contributed by atoms with Crippen LogP contribution in [0.5, 0.6) is 17.2 Å². The van der Waals surface area contributed by atoms with Crippen LogP contribution in [0.4, 0.5) is 0 Å². The zero-order valence-electron chi connectivity index (χ0n) is 22.7. The first-order chi connectivity index (χ1) is 18.9. The lowest BCUT2D eigenvalue weighted by Crippen LogP contribution is -2.48. The zero-order valence-corrected chi connectivity index (χ0v) is 24.2. The number of ether oxygens (including phenoxy) is 4. The van der Waals surface area contributed by atoms with E-state index in [-0.39, 0.29) is 0 Å². The highest BCUT2D eigenvalue weighted by atomic mass is 79.9. The highest BCUT2D eigenvalue weighted by Gasteiger charge is 2.35. The molecule has 0 radical (unpaired) electrons. The third-order valence-electron chi connectivity index (χ3n) is 6.54. The van der Waals surface area contributed by atoms with E-state index >= 15 is 0 Å². The quantitative estimate of drug-likeness (QED) is 0.322. The maximum absolute atomic E-state index is 13.1. The topological polar surface area (TPSA) is 81.6 Å². The Morgan fingerprint density at radius 2 is 1.56 bits per heavy atom. The fourth-order valence-corrected chi connectivity index (χ4v) is 4.82. The van der Waals surface area contributed by atoms with Crippen molar-refractivity contribution in [2.45, 2.75) is 26.1 Å². The zero-order chi connectivity index (χ0) is 27.9. The summed E-state index contributed by atoms with van der Waals surface area (Å²) in [5, 5.41) is 3.52. The second kappa shape index (κ2) is 12.7. The van der Waals surface area contributed by atoms with Gasteiger partial charge in [0.25, 0.3) is 0 Å². The van der Waals surface area contributed by atoms with Crippen molar-refractivity contribution >= 4 is 27.9 Å². The van der Waals surface area contributed by atoms with E-state index in [4.69, 9.17) is 23.9 Å². The van der Waals surface area contributed by atoms with Crippen LogP contribution in [0.2, 0.25) is 0 Å². The van der Waals surface area contributed by atoms with Gasteiger partial charge >= 0.3 is 5.97 Å². The van der Waals surface area contributed by atoms with Crippen LogP contribution in [0.1, 0.15) is 29.7 Å². The summed E-state index contributed by atoms with van der Waals surface area (Å²) in [4.78, 5) is 20.1. The molecule has 4 rings (SSSR count). The van der Waals surface area contributed by atoms with Crippen molar-refractivity contribution in [3.63, 3.8) is 0 Å². The second-order valence-electron chi connectivity index (χ2n) is 8.86. The van der Waals surface area contributed by atoms with E-state index in [1.807, 2.05) is 78.6 Å². The third-order valence-corrected chi connectivity index (χ3v) is 7.07. The van der Waals surface area contributed by atoms with Crippen LogP contribution in [0.3, 0.4) is 0 Å². The molecule has 204 valence electrons. The molecule has 0 saturated heterocycles. The molecule has 1 aliphatic heterocycles. The van der Waals surface area contributed by atoms with Gasteiger partial charge in [0.05, 0.1) is 53.1 Å². The molecule has 8 nitrogen and oxygen atoms in total. The summed E-state index contributed by atoms with van der Waals surface area (Å²) in [7, 11) is 6.14. The van der Waals surface area contributed by atoms with Gasteiger partial charge in [0.2, 0.25) is 5.75 Å². The van der Waals surface area contributed by atoms with Crippen LogP contribution in [-0.4, -0.2) is 45.3 Å². The molecule has 3 aromatic rings. The minimum Gasteiger partial charge on any atom is -0.493 e. The third kappa shape index (κ3) is 6.20. The number of rotatable bonds is 9. The Morgan fingerprint density at radius 3 is 2.13 bits per heavy atom. The van der Waals surface area contributed by atoms with Crippen LogP contribution in [0.25, 0.3) is 0 Å². The van der Waals surface area contributed by atoms with Crippen molar-refractivity contribution in [2.75, 3.05) is 28.4 Å². The fourth-order valence-electron chi connectivity index (χ4n) is 4.56. The van der Waals surface area contributed by atoms with Gasteiger partial charge in [0.1, 0.15) is 0 Å². The molecule has 0 aliphatic carbocycles. The first kappa shape index (κ1) is 28.0. The molecule has 0 fully saturated rings. The molecule has 1 aliphatic rings. The van der Waals surface area contributed by atoms with E-state index in [0.29, 0.717) is 41.9 Å². The Hall–Kier alpha value is -3.98. The maximum Gasteiger partial charge on any atom is 0.337 e. The van der Waals surface area contributed by atoms with Crippen LogP contribution in [0.15, 0.2) is 87.5 Å². The Bertz CT molecular complexity index is 1350. The minimum atomic E-state index is -0.448. The van der Waals surface area contributed by atoms with Crippen molar-refractivity contribution in [1.29, 1.82) is 0 Å². The summed E-state index contributed by atoms with van der Waals surface area (Å²) in [5.74, 6) is 1.87. The van der Waals surface area contributed by atoms with E-state index < -0.39 is 12.0 Å². The number of methoxy groups -OCH3 is 4. The van der Waals surface area contributed by atoms with Gasteiger partial charge in [-0.25, -0.2) is 9.79 Å². The molecule has 9 heteroatoms. The lowest BCUT2D eigenvalue weighted by molar-refractivity contribution is -0.136. The molecule has 1 unspecified atom stereocenters. The predicted molar refractivity (Wildman–Crippen MR) is 154 cm³/mol. The molecule has 0 amide bonds. The van der Waals surface area contributed by atoms with Crippen molar-refractivity contribution in [1.82, 2.24) is 10.2 Å². The summed E-state index contributed by atoms with van der Waals surface area (Å²) in [6.45, 7) is 2.77. The van der Waals surface area contributed by atoms with Gasteiger partial charge in [-0.2, -0.15) is 0 Å². The molecule has 39 heavy (non-hydrogen) atoms. The number of carbonyl (C=O) groups is 1. The van der Waals surface area contributed by atoms with Crippen LogP contribution in [-0.2, 0) is 22.6 Å². The summed E-state index contributed by atoms with van der Waals surface area (Å²) in [6, 6.07) is 21.2. The number of benzene rings is 3. The van der Waals surface area contributed by atoms with Gasteiger partial charge in [-0.15, -0.1) is 0 Å². The Morgan fingerprint density at radius 1 is 0.923 bits per heavy atom. The van der Waals surface area contributed by atoms with E-state index in [0.717, 1.165) is 26.9 Å². The van der Waals surface area contributed by atoms with E-state index in [2.05, 4.69) is 21.2 Å². The predicted octanol–water partition coefficient (Wildman–Crippen LogP) is 5.62. The lowest BCUT2D eigenvalue weighted by Gasteiger charge is -2.38. The summed E-state index contributed by atoms with van der Waals surface area (Å²) in [6.07, 6.45) is 0. The van der Waals surface area contributed by atoms with Gasteiger partial charge < -0.3 is 29.2 Å². The Labute approximate surface area is 237 Å². The van der Waals surface area contributed by atoms with Crippen molar-refractivity contribution in [3.05, 3.63) is 99.2 Å². The molecule has 3 aromatic carbocycles. The molecule has 1 heterocycles. The van der Waals surface area contributed by atoms with Crippen LogP contribution >= 0.6 is 15.9 Å². The second-order valence-corrected chi connectivity index (χ2v) is 9.78. The van der Waals surface area contributed by atoms with Crippen molar-refractivity contribution in [3.8, 4) is 17.2 Å². The van der Waals surface area contributed by atoms with Gasteiger partial charge in [0, 0.05) is 10.2 Å². The number of hydrogen-bond donors (Lipinski definition) is 1. The molecular weight excluding hydrogens is 562 g/mol. The summed E-state index contributed by atoms with van der Waals surface area (Å²) in [5.41, 5.74) is 4.16. The SMILES string of the molecule is COC(=O)C1=C(C)N(Cc2ccccc2)C(=NCc2cc(OC)c(OC)c(OC)c2)NC1c1ccc(Br)cc1. The summed E-state index contributed by atoms with van der Waals surface area (Å²) < 4.78 is 22.7. The first-order valence-electron chi connectivity index (χ1n) is 12.4. The van der Waals surface area contributed by atoms with Gasteiger partial charge in [0.15, 0.2) is 17.5 Å². The number of esters is 1. The van der Waals surface area contributed by atoms with Gasteiger partial charge in [-0.3, -0.25) is 0 Å². The molecule has 0 spiro atoms. The molecular formula is C30H32BrN3O5. The van der Waals surface area contributed by atoms with E-state index in [1.165, 1.54) is 7.11 Å². The Balaban J connectivity index is 1.80. The average molecular weight is 595 g/mol. The number of nitrogens with zero attached hydrogens (tertiary/aromatic N) is 2. The Kier molecular flexibility index (Phi) is 9.14. The number of guanidine groups is 1. The first-order valence-corrected chi connectivity index (χ1v) is 13.1. The lowest BCUT2D eigenvalue weighted by atomic mass is 9.94. The number of allylic oxidation sites excluding steroid dienone is 1. The highest BCUT2D eigenvalue weighted by molar-refractivity contribution is 9.10. The fraction of sp³-hybridized carbons (Fsp3) is 0.267. The standard InChI is InChI=1S/C30H32BrN3O5/c1-19-26(29(35)39-5)27(22-11-13-23(31)14-12-22)33-30(34(19)18-20-9-7-6-8-10-20)32-17-21-15-24(36-2)28(38-4)25(16-21)37-3/h6-16,27H,17-18H2,1-5H3,(H,32,33). The molecule has 0 bridgehead atoms. The van der Waals surface area contributed by atoms with Gasteiger partial charge in [-0.1, -0.05) is 58.4 Å². The minimum absolute atomic E-state index is 0.332. The number of hydrogen-bond acceptors (Lipinski definition) is 6. The number of nitrogens with one attached hydrogen (secondary N) is 1. The molecule has 0 saturated carbocycles. The number of carbonyl (C=O) groups excluding carboxylic acids is 1. The van der Waals surface area contributed by atoms with Crippen molar-refractivity contribution < 1.29 is 23.7 Å². The highest BCUT2D eigenvalue weighted by Crippen LogP contribution is 2.38. The van der Waals surface area contributed by atoms with Crippen LogP contribution in [0, 0.1) is 0 Å². The van der Waals surface area contributed by atoms with Gasteiger partial charge in [-0.05, 0) is 47.9 Å². The van der Waals surface area contributed by atoms with Crippen molar-refractivity contribution in [2.24, 2.45) is 4.99 Å². The monoisotopic (exact) mass is 593 g/mol. The largest absolute Gasteiger partial charge is 0.493 e. The molecule has 0 aromatic heterocycles. The van der Waals surface area contributed by atoms with E-state index in [1.54, 1.807) is 21.3 Å². The summed E-state index contributed by atoms with van der Waals surface area (Å²) >= 11 is 3.50.